The lowest BCUT2D eigenvalue weighted by molar-refractivity contribution is 0.0697. The summed E-state index contributed by atoms with van der Waals surface area (Å²) >= 11 is 1.42. The molecular weight excluding hydrogens is 228 g/mol. The second kappa shape index (κ2) is 4.05. The first-order valence-corrected chi connectivity index (χ1v) is 5.55. The number of hydrogen-bond acceptors (Lipinski definition) is 5. The second-order valence-corrected chi connectivity index (χ2v) is 4.65. The van der Waals surface area contributed by atoms with Gasteiger partial charge >= 0.3 is 5.97 Å². The van der Waals surface area contributed by atoms with Crippen LogP contribution in [-0.4, -0.2) is 21.2 Å². The van der Waals surface area contributed by atoms with Gasteiger partial charge in [0.1, 0.15) is 5.56 Å². The summed E-state index contributed by atoms with van der Waals surface area (Å²) in [7, 11) is 0. The van der Waals surface area contributed by atoms with Crippen LogP contribution in [0.2, 0.25) is 0 Å². The molecule has 0 unspecified atom stereocenters. The molecule has 0 spiro atoms. The number of carbonyl (C=O) groups is 1. The molecule has 0 aliphatic rings. The summed E-state index contributed by atoms with van der Waals surface area (Å²) in [6, 6.07) is 0. The molecule has 1 N–H and O–H groups in total. The summed E-state index contributed by atoms with van der Waals surface area (Å²) < 4.78 is 4.94. The zero-order chi connectivity index (χ0) is 11.7. The van der Waals surface area contributed by atoms with Gasteiger partial charge in [0.15, 0.2) is 5.76 Å². The van der Waals surface area contributed by atoms with Gasteiger partial charge in [0.2, 0.25) is 0 Å². The molecule has 2 aromatic rings. The molecule has 0 atom stereocenters. The van der Waals surface area contributed by atoms with E-state index in [1.165, 1.54) is 17.5 Å². The molecule has 2 heterocycles. The third-order valence-corrected chi connectivity index (χ3v) is 3.34. The van der Waals surface area contributed by atoms with Crippen molar-refractivity contribution in [2.24, 2.45) is 0 Å². The quantitative estimate of drug-likeness (QED) is 0.889. The Balaban J connectivity index is 2.42. The van der Waals surface area contributed by atoms with Crippen molar-refractivity contribution in [2.45, 2.75) is 19.8 Å². The van der Waals surface area contributed by atoms with Crippen molar-refractivity contribution in [3.8, 4) is 10.6 Å². The number of hydrogen-bond donors (Lipinski definition) is 1. The number of carboxylic acids is 1. The lowest BCUT2D eigenvalue weighted by Gasteiger charge is -1.95. The van der Waals surface area contributed by atoms with Crippen molar-refractivity contribution in [1.82, 2.24) is 10.1 Å². The van der Waals surface area contributed by atoms with E-state index in [9.17, 15) is 4.79 Å². The maximum absolute atomic E-state index is 10.9. The summed E-state index contributed by atoms with van der Waals surface area (Å²) in [5, 5.41) is 13.4. The van der Waals surface area contributed by atoms with Crippen molar-refractivity contribution < 1.29 is 14.4 Å². The molecule has 0 aliphatic carbocycles. The zero-order valence-electron chi connectivity index (χ0n) is 8.80. The highest BCUT2D eigenvalue weighted by Crippen LogP contribution is 2.31. The fourth-order valence-corrected chi connectivity index (χ4v) is 2.14. The minimum Gasteiger partial charge on any atom is -0.477 e. The highest BCUT2D eigenvalue weighted by molar-refractivity contribution is 7.15. The van der Waals surface area contributed by atoms with Crippen molar-refractivity contribution in [1.29, 1.82) is 0 Å². The van der Waals surface area contributed by atoms with Crippen molar-refractivity contribution >= 4 is 17.3 Å². The molecule has 5 nitrogen and oxygen atoms in total. The average Bonchev–Trinajstić information content (AvgIpc) is 2.86. The van der Waals surface area contributed by atoms with Crippen LogP contribution in [0, 0.1) is 0 Å². The maximum atomic E-state index is 10.9. The summed E-state index contributed by atoms with van der Waals surface area (Å²) in [4.78, 5) is 15.8. The minimum atomic E-state index is -1.05. The van der Waals surface area contributed by atoms with Crippen LogP contribution in [-0.2, 0) is 0 Å². The van der Waals surface area contributed by atoms with Gasteiger partial charge in [-0.3, -0.25) is 0 Å². The molecule has 2 aromatic heterocycles. The predicted octanol–water partition coefficient (Wildman–Crippen LogP) is 2.62. The van der Waals surface area contributed by atoms with Crippen molar-refractivity contribution in [2.75, 3.05) is 0 Å². The average molecular weight is 238 g/mol. The molecule has 0 amide bonds. The van der Waals surface area contributed by atoms with Gasteiger partial charge in [-0.2, -0.15) is 0 Å². The van der Waals surface area contributed by atoms with Crippen molar-refractivity contribution in [3.63, 3.8) is 0 Å². The Kier molecular flexibility index (Phi) is 2.74. The minimum absolute atomic E-state index is 0.0685. The third kappa shape index (κ3) is 1.83. The molecule has 0 radical (unpaired) electrons. The number of aromatic nitrogens is 2. The van der Waals surface area contributed by atoms with Crippen LogP contribution in [0.3, 0.4) is 0 Å². The van der Waals surface area contributed by atoms with E-state index in [2.05, 4.69) is 10.1 Å². The summed E-state index contributed by atoms with van der Waals surface area (Å²) in [6.07, 6.45) is 2.82. The monoisotopic (exact) mass is 238 g/mol. The van der Waals surface area contributed by atoms with E-state index in [0.29, 0.717) is 10.8 Å². The van der Waals surface area contributed by atoms with Crippen LogP contribution in [0.15, 0.2) is 16.9 Å². The van der Waals surface area contributed by atoms with E-state index in [-0.39, 0.29) is 11.3 Å². The first-order chi connectivity index (χ1) is 7.59. The van der Waals surface area contributed by atoms with Gasteiger partial charge in [-0.25, -0.2) is 9.78 Å². The maximum Gasteiger partial charge on any atom is 0.341 e. The van der Waals surface area contributed by atoms with E-state index in [1.807, 2.05) is 13.8 Å². The molecule has 0 saturated carbocycles. The summed E-state index contributed by atoms with van der Waals surface area (Å²) in [5.41, 5.74) is 0.0685. The zero-order valence-corrected chi connectivity index (χ0v) is 9.61. The van der Waals surface area contributed by atoms with Gasteiger partial charge in [-0.1, -0.05) is 19.0 Å². The number of carboxylic acid groups (broad SMARTS) is 1. The Hall–Kier alpha value is -1.69. The van der Waals surface area contributed by atoms with Crippen LogP contribution in [0.4, 0.5) is 0 Å². The fourth-order valence-electron chi connectivity index (χ4n) is 1.23. The number of rotatable bonds is 3. The van der Waals surface area contributed by atoms with E-state index < -0.39 is 5.97 Å². The first kappa shape index (κ1) is 10.8. The molecule has 0 saturated heterocycles. The smallest absolute Gasteiger partial charge is 0.341 e. The van der Waals surface area contributed by atoms with E-state index in [4.69, 9.17) is 9.63 Å². The third-order valence-electron chi connectivity index (χ3n) is 2.04. The van der Waals surface area contributed by atoms with Crippen LogP contribution < -0.4 is 0 Å². The van der Waals surface area contributed by atoms with Crippen LogP contribution in [0.25, 0.3) is 10.6 Å². The van der Waals surface area contributed by atoms with Crippen molar-refractivity contribution in [3.05, 3.63) is 23.0 Å². The molecular formula is C10H10N2O3S. The second-order valence-electron chi connectivity index (χ2n) is 3.59. The summed E-state index contributed by atoms with van der Waals surface area (Å²) in [6.45, 7) is 4.06. The Morgan fingerprint density at radius 3 is 2.81 bits per heavy atom. The Morgan fingerprint density at radius 1 is 1.50 bits per heavy atom. The van der Waals surface area contributed by atoms with E-state index in [1.54, 1.807) is 6.20 Å². The molecule has 0 aromatic carbocycles. The highest BCUT2D eigenvalue weighted by atomic mass is 32.1. The Bertz CT molecular complexity index is 516. The predicted molar refractivity (Wildman–Crippen MR) is 58.7 cm³/mol. The van der Waals surface area contributed by atoms with Gasteiger partial charge in [0.05, 0.1) is 16.1 Å². The van der Waals surface area contributed by atoms with Crippen LogP contribution in [0.5, 0.6) is 0 Å². The number of aromatic carboxylic acids is 1. The molecule has 0 bridgehead atoms. The SMILES string of the molecule is CC(C)c1ncc(-c2oncc2C(=O)O)s1. The van der Waals surface area contributed by atoms with Gasteiger partial charge in [0, 0.05) is 12.1 Å². The Morgan fingerprint density at radius 2 is 2.25 bits per heavy atom. The van der Waals surface area contributed by atoms with Gasteiger partial charge in [-0.05, 0) is 0 Å². The van der Waals surface area contributed by atoms with Crippen LogP contribution in [0.1, 0.15) is 35.1 Å². The molecule has 6 heteroatoms. The van der Waals surface area contributed by atoms with E-state index in [0.717, 1.165) is 5.01 Å². The lowest BCUT2D eigenvalue weighted by Crippen LogP contribution is -1.94. The number of nitrogens with zero attached hydrogens (tertiary/aromatic N) is 2. The van der Waals surface area contributed by atoms with Crippen LogP contribution >= 0.6 is 11.3 Å². The van der Waals surface area contributed by atoms with Gasteiger partial charge < -0.3 is 9.63 Å². The lowest BCUT2D eigenvalue weighted by atomic mass is 10.2. The van der Waals surface area contributed by atoms with Gasteiger partial charge in [-0.15, -0.1) is 11.3 Å². The van der Waals surface area contributed by atoms with E-state index >= 15 is 0 Å². The molecule has 0 fully saturated rings. The normalized spacial score (nSPS) is 10.9. The topological polar surface area (TPSA) is 76.2 Å². The summed E-state index contributed by atoms with van der Waals surface area (Å²) in [5.74, 6) is -0.456. The molecule has 2 rings (SSSR count). The largest absolute Gasteiger partial charge is 0.477 e. The fraction of sp³-hybridized carbons (Fsp3) is 0.300. The standard InChI is InChI=1S/C10H10N2O3S/c1-5(2)9-11-4-7(16-9)8-6(10(13)14)3-12-15-8/h3-5H,1-2H3,(H,13,14). The van der Waals surface area contributed by atoms with Gasteiger partial charge in [0.25, 0.3) is 0 Å². The Labute approximate surface area is 95.7 Å². The molecule has 84 valence electrons. The molecule has 16 heavy (non-hydrogen) atoms. The molecule has 0 aliphatic heterocycles. The highest BCUT2D eigenvalue weighted by Gasteiger charge is 2.19. The first-order valence-electron chi connectivity index (χ1n) is 4.73. The number of thiazole rings is 1.